The highest BCUT2D eigenvalue weighted by Gasteiger charge is 2.20. The maximum absolute atomic E-state index is 5.50. The molecule has 0 amide bonds. The Kier molecular flexibility index (Phi) is 3.79. The van der Waals surface area contributed by atoms with Gasteiger partial charge in [-0.15, -0.1) is 0 Å². The summed E-state index contributed by atoms with van der Waals surface area (Å²) in [6.45, 7) is 8.83. The second-order valence-electron chi connectivity index (χ2n) is 4.63. The molecule has 0 aromatic rings. The molecule has 14 heavy (non-hydrogen) atoms. The number of rotatable bonds is 5. The van der Waals surface area contributed by atoms with E-state index in [0.29, 0.717) is 6.10 Å². The number of ether oxygens (including phenoxy) is 1. The smallest absolute Gasteiger partial charge is 0.0674 e. The van der Waals surface area contributed by atoms with Crippen LogP contribution in [-0.4, -0.2) is 50.3 Å². The van der Waals surface area contributed by atoms with E-state index >= 15 is 0 Å². The lowest BCUT2D eigenvalue weighted by Crippen LogP contribution is -2.44. The normalized spacial score (nSPS) is 29.4. The maximum Gasteiger partial charge on any atom is 0.0674 e. The molecule has 1 aliphatic heterocycles. The van der Waals surface area contributed by atoms with E-state index in [9.17, 15) is 0 Å². The van der Waals surface area contributed by atoms with Gasteiger partial charge in [0, 0.05) is 26.2 Å². The van der Waals surface area contributed by atoms with Crippen molar-refractivity contribution in [2.24, 2.45) is 5.92 Å². The van der Waals surface area contributed by atoms with Gasteiger partial charge in [-0.3, -0.25) is 4.90 Å². The van der Waals surface area contributed by atoms with E-state index in [2.05, 4.69) is 17.1 Å². The lowest BCUT2D eigenvalue weighted by atomic mass is 10.3. The van der Waals surface area contributed by atoms with E-state index < -0.39 is 0 Å². The van der Waals surface area contributed by atoms with Gasteiger partial charge < -0.3 is 10.1 Å². The fraction of sp³-hybridized carbons (Fsp3) is 1.00. The number of nitrogens with zero attached hydrogens (tertiary/aromatic N) is 1. The van der Waals surface area contributed by atoms with E-state index in [0.717, 1.165) is 32.2 Å². The zero-order valence-corrected chi connectivity index (χ0v) is 9.17. The molecule has 0 bridgehead atoms. The molecule has 0 radical (unpaired) electrons. The minimum absolute atomic E-state index is 0.423. The van der Waals surface area contributed by atoms with Crippen LogP contribution in [0.25, 0.3) is 0 Å². The van der Waals surface area contributed by atoms with Crippen LogP contribution in [0.2, 0.25) is 0 Å². The summed E-state index contributed by atoms with van der Waals surface area (Å²) in [5, 5.41) is 3.53. The van der Waals surface area contributed by atoms with Crippen LogP contribution < -0.4 is 5.32 Å². The molecule has 3 heteroatoms. The minimum Gasteiger partial charge on any atom is -0.376 e. The largest absolute Gasteiger partial charge is 0.376 e. The lowest BCUT2D eigenvalue weighted by molar-refractivity contribution is -0.0176. The molecule has 82 valence electrons. The van der Waals surface area contributed by atoms with Crippen LogP contribution in [-0.2, 0) is 4.74 Å². The number of nitrogens with one attached hydrogen (secondary N) is 1. The molecular weight excluding hydrogens is 176 g/mol. The third-order valence-corrected chi connectivity index (χ3v) is 3.06. The van der Waals surface area contributed by atoms with Crippen LogP contribution in [0, 0.1) is 5.92 Å². The molecule has 0 aromatic carbocycles. The van der Waals surface area contributed by atoms with Crippen molar-refractivity contribution >= 4 is 0 Å². The first-order valence-electron chi connectivity index (χ1n) is 5.89. The summed E-state index contributed by atoms with van der Waals surface area (Å²) in [6, 6.07) is 0. The molecule has 2 fully saturated rings. The average molecular weight is 198 g/mol. The summed E-state index contributed by atoms with van der Waals surface area (Å²) < 4.78 is 5.50. The van der Waals surface area contributed by atoms with Gasteiger partial charge in [0.15, 0.2) is 0 Å². The van der Waals surface area contributed by atoms with Crippen LogP contribution in [0.3, 0.4) is 0 Å². The van der Waals surface area contributed by atoms with Crippen LogP contribution in [0.1, 0.15) is 19.8 Å². The second kappa shape index (κ2) is 5.10. The fourth-order valence-corrected chi connectivity index (χ4v) is 1.96. The van der Waals surface area contributed by atoms with Gasteiger partial charge >= 0.3 is 0 Å². The van der Waals surface area contributed by atoms with E-state index in [-0.39, 0.29) is 0 Å². The van der Waals surface area contributed by atoms with E-state index in [1.165, 1.54) is 25.9 Å². The van der Waals surface area contributed by atoms with E-state index in [1.54, 1.807) is 0 Å². The first kappa shape index (κ1) is 10.4. The van der Waals surface area contributed by atoms with Crippen molar-refractivity contribution in [3.8, 4) is 0 Å². The number of hydrogen-bond donors (Lipinski definition) is 1. The molecule has 1 saturated heterocycles. The molecule has 1 aliphatic carbocycles. The van der Waals surface area contributed by atoms with Gasteiger partial charge in [-0.05, 0) is 32.2 Å². The maximum atomic E-state index is 5.50. The third-order valence-electron chi connectivity index (χ3n) is 3.06. The SMILES string of the molecule is CC1CN(CCNCC2CC2)CCO1. The second-order valence-corrected chi connectivity index (χ2v) is 4.63. The molecule has 1 heterocycles. The van der Waals surface area contributed by atoms with Crippen LogP contribution in [0.5, 0.6) is 0 Å². The molecule has 2 aliphatic rings. The van der Waals surface area contributed by atoms with Crippen LogP contribution in [0.15, 0.2) is 0 Å². The van der Waals surface area contributed by atoms with Crippen molar-refractivity contribution in [2.45, 2.75) is 25.9 Å². The zero-order valence-electron chi connectivity index (χ0n) is 9.17. The van der Waals surface area contributed by atoms with Gasteiger partial charge in [0.25, 0.3) is 0 Å². The standard InChI is InChI=1S/C11H22N2O/c1-10-9-13(6-7-14-10)5-4-12-8-11-2-3-11/h10-12H,2-9H2,1H3. The average Bonchev–Trinajstić information content (AvgIpc) is 2.96. The summed E-state index contributed by atoms with van der Waals surface area (Å²) >= 11 is 0. The molecule has 1 unspecified atom stereocenters. The first-order chi connectivity index (χ1) is 6.84. The Hall–Kier alpha value is -0.120. The van der Waals surface area contributed by atoms with Gasteiger partial charge in [0.2, 0.25) is 0 Å². The Labute approximate surface area is 86.8 Å². The topological polar surface area (TPSA) is 24.5 Å². The van der Waals surface area contributed by atoms with Gasteiger partial charge in [-0.1, -0.05) is 0 Å². The van der Waals surface area contributed by atoms with Gasteiger partial charge in [0.1, 0.15) is 0 Å². The fourth-order valence-electron chi connectivity index (χ4n) is 1.96. The summed E-state index contributed by atoms with van der Waals surface area (Å²) in [5.74, 6) is 0.999. The highest BCUT2D eigenvalue weighted by Crippen LogP contribution is 2.27. The van der Waals surface area contributed by atoms with Gasteiger partial charge in [-0.2, -0.15) is 0 Å². The molecular formula is C11H22N2O. The molecule has 1 N–H and O–H groups in total. The number of hydrogen-bond acceptors (Lipinski definition) is 3. The van der Waals surface area contributed by atoms with Gasteiger partial charge in [-0.25, -0.2) is 0 Å². The monoisotopic (exact) mass is 198 g/mol. The van der Waals surface area contributed by atoms with Crippen molar-refractivity contribution in [1.29, 1.82) is 0 Å². The Bertz CT molecular complexity index is 171. The summed E-state index contributed by atoms with van der Waals surface area (Å²) in [4.78, 5) is 2.49. The summed E-state index contributed by atoms with van der Waals surface area (Å²) in [5.41, 5.74) is 0. The van der Waals surface area contributed by atoms with Crippen molar-refractivity contribution < 1.29 is 4.74 Å². The van der Waals surface area contributed by atoms with Crippen LogP contribution >= 0.6 is 0 Å². The quantitative estimate of drug-likeness (QED) is 0.658. The molecule has 0 spiro atoms. The molecule has 1 atom stereocenters. The predicted molar refractivity (Wildman–Crippen MR) is 57.4 cm³/mol. The lowest BCUT2D eigenvalue weighted by Gasteiger charge is -2.31. The van der Waals surface area contributed by atoms with Crippen molar-refractivity contribution in [1.82, 2.24) is 10.2 Å². The van der Waals surface area contributed by atoms with Gasteiger partial charge in [0.05, 0.1) is 12.7 Å². The Morgan fingerprint density at radius 2 is 2.29 bits per heavy atom. The van der Waals surface area contributed by atoms with Crippen molar-refractivity contribution in [3.63, 3.8) is 0 Å². The highest BCUT2D eigenvalue weighted by molar-refractivity contribution is 4.76. The van der Waals surface area contributed by atoms with E-state index in [4.69, 9.17) is 4.74 Å². The molecule has 1 saturated carbocycles. The highest BCUT2D eigenvalue weighted by atomic mass is 16.5. The Morgan fingerprint density at radius 1 is 1.43 bits per heavy atom. The molecule has 0 aromatic heterocycles. The van der Waals surface area contributed by atoms with Crippen LogP contribution in [0.4, 0.5) is 0 Å². The molecule has 3 nitrogen and oxygen atoms in total. The minimum atomic E-state index is 0.423. The summed E-state index contributed by atoms with van der Waals surface area (Å²) in [7, 11) is 0. The summed E-state index contributed by atoms with van der Waals surface area (Å²) in [6.07, 6.45) is 3.32. The molecule has 2 rings (SSSR count). The Balaban J connectivity index is 1.50. The van der Waals surface area contributed by atoms with E-state index in [1.807, 2.05) is 0 Å². The zero-order chi connectivity index (χ0) is 9.80. The Morgan fingerprint density at radius 3 is 3.00 bits per heavy atom. The number of morpholine rings is 1. The third kappa shape index (κ3) is 3.56. The predicted octanol–water partition coefficient (Wildman–Crippen LogP) is 0.707. The first-order valence-corrected chi connectivity index (χ1v) is 5.89. The van der Waals surface area contributed by atoms with Crippen molar-refractivity contribution in [2.75, 3.05) is 39.3 Å². The van der Waals surface area contributed by atoms with Crippen molar-refractivity contribution in [3.05, 3.63) is 0 Å².